The van der Waals surface area contributed by atoms with Gasteiger partial charge in [0.25, 0.3) is 5.91 Å². The summed E-state index contributed by atoms with van der Waals surface area (Å²) in [7, 11) is 0. The molecule has 4 heterocycles. The fraction of sp³-hybridized carbons (Fsp3) is 0.429. The van der Waals surface area contributed by atoms with E-state index in [4.69, 9.17) is 9.97 Å². The Morgan fingerprint density at radius 3 is 2.57 bits per heavy atom. The van der Waals surface area contributed by atoms with Crippen molar-refractivity contribution in [2.24, 2.45) is 0 Å². The lowest BCUT2D eigenvalue weighted by Gasteiger charge is -2.35. The second-order valence-corrected chi connectivity index (χ2v) is 11.1. The molecule has 0 aliphatic carbocycles. The number of fused-ring (bicyclic) bond motifs is 1. The van der Waals surface area contributed by atoms with E-state index in [1.807, 2.05) is 24.0 Å². The van der Waals surface area contributed by atoms with Crippen LogP contribution in [-0.2, 0) is 17.8 Å². The maximum Gasteiger partial charge on any atom is 0.347 e. The highest BCUT2D eigenvalue weighted by Gasteiger charge is 2.29. The molecule has 2 amide bonds. The van der Waals surface area contributed by atoms with Crippen molar-refractivity contribution in [3.8, 4) is 0 Å². The summed E-state index contributed by atoms with van der Waals surface area (Å²) in [6, 6.07) is 7.46. The summed E-state index contributed by atoms with van der Waals surface area (Å²) in [5.41, 5.74) is 2.92. The number of aliphatic hydroxyl groups is 1. The molecule has 0 atom stereocenters. The number of aromatic nitrogens is 3. The van der Waals surface area contributed by atoms with Crippen LogP contribution in [0.4, 0.5) is 22.7 Å². The summed E-state index contributed by atoms with van der Waals surface area (Å²) >= 11 is 1.02. The number of likely N-dealkylation sites (N-methyl/N-ethyl adjacent to an activating group) is 1. The number of amides is 2. The Labute approximate surface area is 247 Å². The summed E-state index contributed by atoms with van der Waals surface area (Å²) < 4.78 is 0. The van der Waals surface area contributed by atoms with Crippen molar-refractivity contribution in [3.05, 3.63) is 51.5 Å². The third-order valence-electron chi connectivity index (χ3n) is 7.28. The van der Waals surface area contributed by atoms with Crippen molar-refractivity contribution in [2.45, 2.75) is 33.2 Å². The van der Waals surface area contributed by atoms with Crippen molar-refractivity contribution in [2.75, 3.05) is 61.0 Å². The van der Waals surface area contributed by atoms with Crippen molar-refractivity contribution in [1.29, 1.82) is 0 Å². The first-order chi connectivity index (χ1) is 20.3. The first-order valence-corrected chi connectivity index (χ1v) is 14.7. The molecule has 2 aliphatic rings. The van der Waals surface area contributed by atoms with Crippen LogP contribution in [0, 0.1) is 6.92 Å². The van der Waals surface area contributed by atoms with Gasteiger partial charge in [0.2, 0.25) is 11.9 Å². The van der Waals surface area contributed by atoms with E-state index in [0.717, 1.165) is 47.7 Å². The highest BCUT2D eigenvalue weighted by molar-refractivity contribution is 7.17. The molecule has 14 heteroatoms. The zero-order chi connectivity index (χ0) is 29.8. The number of aryl methyl sites for hydroxylation is 1. The minimum absolute atomic E-state index is 0.0762. The molecule has 0 saturated carbocycles. The Morgan fingerprint density at radius 1 is 1.14 bits per heavy atom. The number of nitrogens with one attached hydrogen (secondary N) is 2. The highest BCUT2D eigenvalue weighted by atomic mass is 32.1. The first kappa shape index (κ1) is 29.2. The number of rotatable bonds is 10. The van der Waals surface area contributed by atoms with Gasteiger partial charge in [-0.2, -0.15) is 9.97 Å². The smallest absolute Gasteiger partial charge is 0.347 e. The van der Waals surface area contributed by atoms with Gasteiger partial charge in [0, 0.05) is 50.4 Å². The molecule has 2 aromatic heterocycles. The first-order valence-electron chi connectivity index (χ1n) is 13.9. The van der Waals surface area contributed by atoms with Gasteiger partial charge in [-0.25, -0.2) is 9.78 Å². The van der Waals surface area contributed by atoms with Gasteiger partial charge in [0.1, 0.15) is 16.5 Å². The number of carbonyl (C=O) groups is 3. The number of hydrogen-bond acceptors (Lipinski definition) is 11. The minimum atomic E-state index is -1.04. The number of carboxylic acid groups (broad SMARTS) is 1. The van der Waals surface area contributed by atoms with Gasteiger partial charge in [-0.1, -0.05) is 23.5 Å². The second kappa shape index (κ2) is 12.7. The molecule has 1 fully saturated rings. The number of thiazole rings is 1. The van der Waals surface area contributed by atoms with Crippen LogP contribution in [0.5, 0.6) is 0 Å². The monoisotopic (exact) mass is 594 g/mol. The van der Waals surface area contributed by atoms with Crippen molar-refractivity contribution in [3.63, 3.8) is 0 Å². The lowest BCUT2D eigenvalue weighted by Crippen LogP contribution is -2.48. The van der Waals surface area contributed by atoms with E-state index < -0.39 is 5.97 Å². The van der Waals surface area contributed by atoms with E-state index in [2.05, 4.69) is 20.5 Å². The van der Waals surface area contributed by atoms with Crippen molar-refractivity contribution >= 4 is 51.8 Å². The van der Waals surface area contributed by atoms with Crippen molar-refractivity contribution < 1.29 is 24.6 Å². The third kappa shape index (κ3) is 6.29. The molecule has 0 unspecified atom stereocenters. The molecule has 0 bridgehead atoms. The summed E-state index contributed by atoms with van der Waals surface area (Å²) in [6.07, 6.45) is 1.64. The quantitative estimate of drug-likeness (QED) is 0.271. The standard InChI is InChI=1S/C28H34N8O5S/c1-3-34(13-14-37)25(39)19-8-6-18(7-9-19)15-35-11-4-5-20-23(35)31-27(32-24(20)36-12-10-29-21(38)16-36)33-28-30-17(2)22(42-28)26(40)41/h6-9,37H,3-5,10-16H2,1-2H3,(H,29,38)(H,40,41)(H,30,31,32,33). The molecule has 0 spiro atoms. The van der Waals surface area contributed by atoms with E-state index in [-0.39, 0.29) is 42.3 Å². The van der Waals surface area contributed by atoms with Crippen LogP contribution in [0.3, 0.4) is 0 Å². The Bertz CT molecular complexity index is 1480. The predicted octanol–water partition coefficient (Wildman–Crippen LogP) is 2.03. The van der Waals surface area contributed by atoms with E-state index in [0.29, 0.717) is 48.4 Å². The molecule has 4 N–H and O–H groups in total. The van der Waals surface area contributed by atoms with Crippen LogP contribution in [0.1, 0.15) is 50.2 Å². The number of hydrogen-bond donors (Lipinski definition) is 4. The summed E-state index contributed by atoms with van der Waals surface area (Å²) in [6.45, 7) is 6.84. The minimum Gasteiger partial charge on any atom is -0.477 e. The Morgan fingerprint density at radius 2 is 1.90 bits per heavy atom. The average molecular weight is 595 g/mol. The zero-order valence-electron chi connectivity index (χ0n) is 23.6. The fourth-order valence-electron chi connectivity index (χ4n) is 5.21. The largest absolute Gasteiger partial charge is 0.477 e. The number of carboxylic acids is 1. The average Bonchev–Trinajstić information content (AvgIpc) is 3.35. The maximum absolute atomic E-state index is 12.8. The SMILES string of the molecule is CCN(CCO)C(=O)c1ccc(CN2CCCc3c(N4CCNC(=O)C4)nc(Nc4nc(C)c(C(=O)O)s4)nc32)cc1. The van der Waals surface area contributed by atoms with E-state index >= 15 is 0 Å². The van der Waals surface area contributed by atoms with Gasteiger partial charge >= 0.3 is 5.97 Å². The number of aliphatic hydroxyl groups excluding tert-OH is 1. The number of aromatic carboxylic acids is 1. The molecular weight excluding hydrogens is 560 g/mol. The second-order valence-electron chi connectivity index (χ2n) is 10.1. The third-order valence-corrected chi connectivity index (χ3v) is 8.34. The molecule has 0 radical (unpaired) electrons. The van der Waals surface area contributed by atoms with Gasteiger partial charge in [-0.15, -0.1) is 0 Å². The maximum atomic E-state index is 12.8. The van der Waals surface area contributed by atoms with Gasteiger partial charge in [0.05, 0.1) is 18.8 Å². The van der Waals surface area contributed by atoms with Crippen LogP contribution in [0.15, 0.2) is 24.3 Å². The van der Waals surface area contributed by atoms with Crippen LogP contribution < -0.4 is 20.4 Å². The topological polar surface area (TPSA) is 164 Å². The normalized spacial score (nSPS) is 14.8. The predicted molar refractivity (Wildman–Crippen MR) is 159 cm³/mol. The zero-order valence-corrected chi connectivity index (χ0v) is 24.4. The van der Waals surface area contributed by atoms with Gasteiger partial charge in [-0.3, -0.25) is 14.9 Å². The lowest BCUT2D eigenvalue weighted by molar-refractivity contribution is -0.120. The van der Waals surface area contributed by atoms with E-state index in [1.165, 1.54) is 0 Å². The number of carbonyl (C=O) groups excluding carboxylic acids is 2. The Kier molecular flexibility index (Phi) is 8.83. The van der Waals surface area contributed by atoms with Gasteiger partial charge in [0.15, 0.2) is 5.13 Å². The fourth-order valence-corrected chi connectivity index (χ4v) is 6.01. The number of anilines is 4. The molecule has 3 aromatic rings. The Hall–Kier alpha value is -4.30. The summed E-state index contributed by atoms with van der Waals surface area (Å²) in [4.78, 5) is 56.5. The van der Waals surface area contributed by atoms with Crippen LogP contribution in [0.2, 0.25) is 0 Å². The Balaban J connectivity index is 1.45. The molecule has 222 valence electrons. The highest BCUT2D eigenvalue weighted by Crippen LogP contribution is 2.35. The summed E-state index contributed by atoms with van der Waals surface area (Å²) in [5, 5.41) is 25.0. The van der Waals surface area contributed by atoms with Crippen LogP contribution >= 0.6 is 11.3 Å². The lowest BCUT2D eigenvalue weighted by atomic mass is 10.0. The van der Waals surface area contributed by atoms with Crippen LogP contribution in [0.25, 0.3) is 0 Å². The molecule has 1 saturated heterocycles. The molecular formula is C28H34N8O5S. The molecule has 42 heavy (non-hydrogen) atoms. The molecule has 13 nitrogen and oxygen atoms in total. The summed E-state index contributed by atoms with van der Waals surface area (Å²) in [5.74, 6) is 0.456. The van der Waals surface area contributed by atoms with Gasteiger partial charge < -0.3 is 30.2 Å². The van der Waals surface area contributed by atoms with Gasteiger partial charge in [-0.05, 0) is 44.4 Å². The van der Waals surface area contributed by atoms with Crippen LogP contribution in [-0.4, -0.2) is 93.7 Å². The number of piperazine rings is 1. The molecule has 2 aliphatic heterocycles. The van der Waals surface area contributed by atoms with E-state index in [9.17, 15) is 24.6 Å². The number of nitrogens with zero attached hydrogens (tertiary/aromatic N) is 6. The molecule has 1 aromatic carbocycles. The van der Waals surface area contributed by atoms with E-state index in [1.54, 1.807) is 24.0 Å². The van der Waals surface area contributed by atoms with Crippen molar-refractivity contribution in [1.82, 2.24) is 25.2 Å². The number of benzene rings is 1. The molecule has 5 rings (SSSR count).